The van der Waals surface area contributed by atoms with Crippen molar-refractivity contribution in [3.8, 4) is 5.75 Å². The highest BCUT2D eigenvalue weighted by atomic mass is 16.5. The summed E-state index contributed by atoms with van der Waals surface area (Å²) in [4.78, 5) is 0. The van der Waals surface area contributed by atoms with Crippen molar-refractivity contribution < 1.29 is 9.47 Å². The van der Waals surface area contributed by atoms with E-state index in [0.717, 1.165) is 24.3 Å². The molecule has 0 bridgehead atoms. The van der Waals surface area contributed by atoms with Crippen molar-refractivity contribution in [2.45, 2.75) is 45.6 Å². The van der Waals surface area contributed by atoms with Gasteiger partial charge in [0.15, 0.2) is 0 Å². The molecule has 0 aliphatic rings. The van der Waals surface area contributed by atoms with Crippen LogP contribution in [0.15, 0.2) is 24.3 Å². The Labute approximate surface area is 117 Å². The van der Waals surface area contributed by atoms with Crippen LogP contribution < -0.4 is 10.5 Å². The first-order chi connectivity index (χ1) is 9.38. The molecule has 0 aliphatic heterocycles. The van der Waals surface area contributed by atoms with E-state index < -0.39 is 0 Å². The van der Waals surface area contributed by atoms with Gasteiger partial charge in [-0.05, 0) is 12.5 Å². The predicted octanol–water partition coefficient (Wildman–Crippen LogP) is 3.51. The second-order valence-electron chi connectivity index (χ2n) is 4.69. The summed E-state index contributed by atoms with van der Waals surface area (Å²) in [5, 5.41) is 0. The van der Waals surface area contributed by atoms with E-state index in [4.69, 9.17) is 15.2 Å². The van der Waals surface area contributed by atoms with Gasteiger partial charge in [-0.2, -0.15) is 0 Å². The molecule has 0 unspecified atom stereocenters. The lowest BCUT2D eigenvalue weighted by Crippen LogP contribution is -2.09. The lowest BCUT2D eigenvalue weighted by molar-refractivity contribution is 0.0968. The van der Waals surface area contributed by atoms with Crippen molar-refractivity contribution in [1.29, 1.82) is 0 Å². The molecule has 1 aromatic carbocycles. The van der Waals surface area contributed by atoms with Crippen LogP contribution in [0.2, 0.25) is 0 Å². The van der Waals surface area contributed by atoms with Gasteiger partial charge in [-0.15, -0.1) is 0 Å². The molecule has 19 heavy (non-hydrogen) atoms. The third kappa shape index (κ3) is 7.19. The van der Waals surface area contributed by atoms with Crippen LogP contribution >= 0.6 is 0 Å². The maximum atomic E-state index is 5.67. The Bertz CT molecular complexity index is 328. The predicted molar refractivity (Wildman–Crippen MR) is 79.4 cm³/mol. The van der Waals surface area contributed by atoms with Gasteiger partial charge in [0.2, 0.25) is 0 Å². The first kappa shape index (κ1) is 16.0. The van der Waals surface area contributed by atoms with Gasteiger partial charge in [-0.25, -0.2) is 0 Å². The zero-order valence-electron chi connectivity index (χ0n) is 12.1. The number of rotatable bonds is 11. The number of para-hydroxylation sites is 1. The van der Waals surface area contributed by atoms with E-state index in [-0.39, 0.29) is 0 Å². The molecule has 1 aromatic rings. The fraction of sp³-hybridized carbons (Fsp3) is 0.625. The molecule has 1 rings (SSSR count). The van der Waals surface area contributed by atoms with E-state index >= 15 is 0 Å². The van der Waals surface area contributed by atoms with Crippen LogP contribution in [0.1, 0.15) is 44.6 Å². The average molecular weight is 265 g/mol. The first-order valence-corrected chi connectivity index (χ1v) is 7.37. The van der Waals surface area contributed by atoms with E-state index in [9.17, 15) is 0 Å². The normalized spacial score (nSPS) is 10.6. The zero-order chi connectivity index (χ0) is 13.8. The molecule has 2 N–H and O–H groups in total. The van der Waals surface area contributed by atoms with Gasteiger partial charge in [-0.3, -0.25) is 0 Å². The fourth-order valence-corrected chi connectivity index (χ4v) is 1.93. The SMILES string of the molecule is CCCCCCCOCCOc1ccccc1CN. The smallest absolute Gasteiger partial charge is 0.123 e. The maximum absolute atomic E-state index is 5.67. The van der Waals surface area contributed by atoms with Crippen LogP contribution in [0.25, 0.3) is 0 Å². The molecule has 0 fully saturated rings. The summed E-state index contributed by atoms with van der Waals surface area (Å²) in [7, 11) is 0. The number of benzene rings is 1. The minimum atomic E-state index is 0.508. The summed E-state index contributed by atoms with van der Waals surface area (Å²) >= 11 is 0. The Morgan fingerprint density at radius 1 is 0.947 bits per heavy atom. The molecule has 3 nitrogen and oxygen atoms in total. The van der Waals surface area contributed by atoms with Crippen LogP contribution in [-0.2, 0) is 11.3 Å². The summed E-state index contributed by atoms with van der Waals surface area (Å²) in [5.41, 5.74) is 6.69. The minimum Gasteiger partial charge on any atom is -0.491 e. The first-order valence-electron chi connectivity index (χ1n) is 7.37. The Morgan fingerprint density at radius 2 is 1.74 bits per heavy atom. The quantitative estimate of drug-likeness (QED) is 0.623. The molecule has 0 saturated carbocycles. The van der Waals surface area contributed by atoms with Gasteiger partial charge >= 0.3 is 0 Å². The average Bonchev–Trinajstić information content (AvgIpc) is 2.46. The molecule has 0 saturated heterocycles. The van der Waals surface area contributed by atoms with E-state index in [0.29, 0.717) is 19.8 Å². The Balaban J connectivity index is 2.01. The van der Waals surface area contributed by atoms with Crippen molar-refractivity contribution in [1.82, 2.24) is 0 Å². The standard InChI is InChI=1S/C16H27NO2/c1-2-3-4-5-8-11-18-12-13-19-16-10-7-6-9-15(16)14-17/h6-7,9-10H,2-5,8,11-14,17H2,1H3. The van der Waals surface area contributed by atoms with E-state index in [1.54, 1.807) is 0 Å². The van der Waals surface area contributed by atoms with Gasteiger partial charge < -0.3 is 15.2 Å². The molecule has 108 valence electrons. The third-order valence-corrected chi connectivity index (χ3v) is 3.07. The summed E-state index contributed by atoms with van der Waals surface area (Å²) in [6.07, 6.45) is 6.36. The second-order valence-corrected chi connectivity index (χ2v) is 4.69. The highest BCUT2D eigenvalue weighted by Crippen LogP contribution is 2.16. The molecule has 0 aliphatic carbocycles. The zero-order valence-corrected chi connectivity index (χ0v) is 12.1. The molecule has 0 heterocycles. The summed E-state index contributed by atoms with van der Waals surface area (Å²) in [6.45, 7) is 4.81. The molecule has 0 atom stereocenters. The van der Waals surface area contributed by atoms with Crippen molar-refractivity contribution >= 4 is 0 Å². The Morgan fingerprint density at radius 3 is 2.53 bits per heavy atom. The summed E-state index contributed by atoms with van der Waals surface area (Å²) in [6, 6.07) is 7.88. The molecule has 0 radical (unpaired) electrons. The van der Waals surface area contributed by atoms with Crippen LogP contribution in [0.4, 0.5) is 0 Å². The van der Waals surface area contributed by atoms with Crippen molar-refractivity contribution in [2.75, 3.05) is 19.8 Å². The van der Waals surface area contributed by atoms with E-state index in [2.05, 4.69) is 6.92 Å². The molecule has 0 spiro atoms. The topological polar surface area (TPSA) is 44.5 Å². The van der Waals surface area contributed by atoms with Gasteiger partial charge in [0.05, 0.1) is 6.61 Å². The van der Waals surface area contributed by atoms with Gasteiger partial charge in [-0.1, -0.05) is 50.8 Å². The Hall–Kier alpha value is -1.06. The van der Waals surface area contributed by atoms with E-state index in [1.165, 1.54) is 25.7 Å². The van der Waals surface area contributed by atoms with Crippen LogP contribution in [0.3, 0.4) is 0 Å². The van der Waals surface area contributed by atoms with Gasteiger partial charge in [0.25, 0.3) is 0 Å². The number of unbranched alkanes of at least 4 members (excludes halogenated alkanes) is 4. The summed E-state index contributed by atoms with van der Waals surface area (Å²) < 4.78 is 11.2. The van der Waals surface area contributed by atoms with Crippen molar-refractivity contribution in [3.63, 3.8) is 0 Å². The highest BCUT2D eigenvalue weighted by Gasteiger charge is 2.00. The van der Waals surface area contributed by atoms with E-state index in [1.807, 2.05) is 24.3 Å². The fourth-order valence-electron chi connectivity index (χ4n) is 1.93. The van der Waals surface area contributed by atoms with Crippen LogP contribution in [0, 0.1) is 0 Å². The van der Waals surface area contributed by atoms with Crippen molar-refractivity contribution in [2.24, 2.45) is 5.73 Å². The third-order valence-electron chi connectivity index (χ3n) is 3.07. The monoisotopic (exact) mass is 265 g/mol. The molecular weight excluding hydrogens is 238 g/mol. The molecule has 3 heteroatoms. The number of nitrogens with two attached hydrogens (primary N) is 1. The maximum Gasteiger partial charge on any atom is 0.123 e. The number of hydrogen-bond acceptors (Lipinski definition) is 3. The second kappa shape index (κ2) is 10.8. The largest absolute Gasteiger partial charge is 0.491 e. The number of hydrogen-bond donors (Lipinski definition) is 1. The molecule has 0 amide bonds. The van der Waals surface area contributed by atoms with Crippen LogP contribution in [-0.4, -0.2) is 19.8 Å². The lowest BCUT2D eigenvalue weighted by atomic mass is 10.2. The highest BCUT2D eigenvalue weighted by molar-refractivity contribution is 5.32. The molecular formula is C16H27NO2. The lowest BCUT2D eigenvalue weighted by Gasteiger charge is -2.10. The minimum absolute atomic E-state index is 0.508. The van der Waals surface area contributed by atoms with Gasteiger partial charge in [0.1, 0.15) is 12.4 Å². The van der Waals surface area contributed by atoms with Crippen LogP contribution in [0.5, 0.6) is 5.75 Å². The van der Waals surface area contributed by atoms with Crippen molar-refractivity contribution in [3.05, 3.63) is 29.8 Å². The summed E-state index contributed by atoms with van der Waals surface area (Å²) in [5.74, 6) is 0.872. The molecule has 0 aromatic heterocycles. The van der Waals surface area contributed by atoms with Gasteiger partial charge in [0, 0.05) is 18.7 Å². The Kier molecular flexibility index (Phi) is 9.11. The number of ether oxygens (including phenoxy) is 2.